The van der Waals surface area contributed by atoms with Crippen LogP contribution in [0.3, 0.4) is 0 Å². The Labute approximate surface area is 181 Å². The van der Waals surface area contributed by atoms with E-state index in [-0.39, 0.29) is 5.41 Å². The summed E-state index contributed by atoms with van der Waals surface area (Å²) in [6, 6.07) is 18.4. The Kier molecular flexibility index (Phi) is 4.19. The third-order valence-corrected chi connectivity index (χ3v) is 6.56. The minimum atomic E-state index is -0.792. The van der Waals surface area contributed by atoms with Gasteiger partial charge in [-0.15, -0.1) is 0 Å². The molecule has 5 heteroatoms. The Morgan fingerprint density at radius 1 is 1.13 bits per heavy atom. The molecule has 2 aliphatic rings. The lowest BCUT2D eigenvalue weighted by atomic mass is 9.77. The standard InChI is InChI=1S/C26H24N2O3/c1-25(2)20-11-7-8-12-21(20)28(3)26(25)16-27-23-19-10-6-5-9-17(19)15-18(24(23)31-26)13-14-22(29)30-4/h5-16H,1-4H3. The van der Waals surface area contributed by atoms with Gasteiger partial charge in [0.15, 0.2) is 5.75 Å². The molecule has 31 heavy (non-hydrogen) atoms. The zero-order valence-electron chi connectivity index (χ0n) is 18.0. The van der Waals surface area contributed by atoms with E-state index in [1.807, 2.05) is 49.7 Å². The van der Waals surface area contributed by atoms with E-state index in [2.05, 4.69) is 36.9 Å². The Hall–Kier alpha value is -3.60. The second-order valence-electron chi connectivity index (χ2n) is 8.48. The number of benzene rings is 3. The number of ether oxygens (including phenoxy) is 2. The van der Waals surface area contributed by atoms with Crippen molar-refractivity contribution in [3.05, 3.63) is 71.8 Å². The second kappa shape index (κ2) is 6.71. The third kappa shape index (κ3) is 2.62. The SMILES string of the molecule is COC(=O)C=Cc1cc2ccccc2c2c1OC1(C=N2)N(C)c2ccccc2C1(C)C. The second-order valence-corrected chi connectivity index (χ2v) is 8.48. The molecule has 5 rings (SSSR count). The zero-order valence-corrected chi connectivity index (χ0v) is 18.0. The van der Waals surface area contributed by atoms with Gasteiger partial charge in [-0.3, -0.25) is 4.99 Å². The van der Waals surface area contributed by atoms with Crippen LogP contribution in [0.2, 0.25) is 0 Å². The van der Waals surface area contributed by atoms with Crippen LogP contribution in [-0.4, -0.2) is 32.1 Å². The number of hydrogen-bond donors (Lipinski definition) is 0. The molecule has 1 unspecified atom stereocenters. The molecule has 0 saturated carbocycles. The number of esters is 1. The van der Waals surface area contributed by atoms with Crippen LogP contribution in [0.15, 0.2) is 65.7 Å². The molecule has 0 radical (unpaired) electrons. The minimum absolute atomic E-state index is 0.353. The third-order valence-electron chi connectivity index (χ3n) is 6.56. The van der Waals surface area contributed by atoms with Gasteiger partial charge in [-0.05, 0) is 43.0 Å². The maximum absolute atomic E-state index is 11.8. The maximum Gasteiger partial charge on any atom is 0.330 e. The Balaban J connectivity index is 1.73. The predicted octanol–water partition coefficient (Wildman–Crippen LogP) is 5.24. The first kappa shape index (κ1) is 19.4. The van der Waals surface area contributed by atoms with E-state index in [4.69, 9.17) is 14.5 Å². The predicted molar refractivity (Wildman–Crippen MR) is 124 cm³/mol. The Bertz CT molecular complexity index is 1270. The Morgan fingerprint density at radius 3 is 2.65 bits per heavy atom. The van der Waals surface area contributed by atoms with E-state index in [9.17, 15) is 4.79 Å². The van der Waals surface area contributed by atoms with E-state index >= 15 is 0 Å². The average Bonchev–Trinajstić information content (AvgIpc) is 2.95. The number of anilines is 1. The van der Waals surface area contributed by atoms with Gasteiger partial charge in [-0.2, -0.15) is 0 Å². The van der Waals surface area contributed by atoms with Gasteiger partial charge in [0.05, 0.1) is 18.7 Å². The molecular formula is C26H24N2O3. The van der Waals surface area contributed by atoms with Gasteiger partial charge in [0.25, 0.3) is 0 Å². The fourth-order valence-corrected chi connectivity index (χ4v) is 4.78. The molecule has 0 bridgehead atoms. The zero-order chi connectivity index (χ0) is 21.8. The number of methoxy groups -OCH3 is 1. The monoisotopic (exact) mass is 412 g/mol. The number of para-hydroxylation sites is 1. The van der Waals surface area contributed by atoms with Crippen molar-refractivity contribution in [1.82, 2.24) is 0 Å². The summed E-state index contributed by atoms with van der Waals surface area (Å²) in [4.78, 5) is 18.9. The van der Waals surface area contributed by atoms with Crippen LogP contribution in [0.1, 0.15) is 25.0 Å². The van der Waals surface area contributed by atoms with Crippen molar-refractivity contribution in [2.75, 3.05) is 19.1 Å². The van der Waals surface area contributed by atoms with Crippen LogP contribution in [0.25, 0.3) is 16.8 Å². The summed E-state index contributed by atoms with van der Waals surface area (Å²) in [5.41, 5.74) is 2.74. The fraction of sp³-hybridized carbons (Fsp3) is 0.231. The van der Waals surface area contributed by atoms with E-state index < -0.39 is 11.7 Å². The van der Waals surface area contributed by atoms with Crippen LogP contribution >= 0.6 is 0 Å². The van der Waals surface area contributed by atoms with Crippen LogP contribution in [-0.2, 0) is 14.9 Å². The molecular weight excluding hydrogens is 388 g/mol. The molecule has 5 nitrogen and oxygen atoms in total. The number of likely N-dealkylation sites (N-methyl/N-ethyl adjacent to an activating group) is 1. The summed E-state index contributed by atoms with van der Waals surface area (Å²) in [6.45, 7) is 4.36. The molecule has 0 amide bonds. The number of nitrogens with zero attached hydrogens (tertiary/aromatic N) is 2. The summed E-state index contributed by atoms with van der Waals surface area (Å²) < 4.78 is 11.7. The molecule has 156 valence electrons. The molecule has 2 aliphatic heterocycles. The molecule has 0 aromatic heterocycles. The first-order valence-corrected chi connectivity index (χ1v) is 10.3. The number of aliphatic imine (C=N–C) groups is 1. The van der Waals surface area contributed by atoms with E-state index in [0.29, 0.717) is 5.75 Å². The van der Waals surface area contributed by atoms with Crippen LogP contribution in [0.5, 0.6) is 5.75 Å². The van der Waals surface area contributed by atoms with Crippen molar-refractivity contribution < 1.29 is 14.3 Å². The van der Waals surface area contributed by atoms with Crippen LogP contribution in [0.4, 0.5) is 11.4 Å². The number of fused-ring (bicyclic) bond motifs is 4. The average molecular weight is 412 g/mol. The smallest absolute Gasteiger partial charge is 0.330 e. The van der Waals surface area contributed by atoms with Crippen molar-refractivity contribution in [1.29, 1.82) is 0 Å². The van der Waals surface area contributed by atoms with Gasteiger partial charge in [0.2, 0.25) is 5.72 Å². The number of hydrogen-bond acceptors (Lipinski definition) is 5. The van der Waals surface area contributed by atoms with Gasteiger partial charge in [-0.1, -0.05) is 42.5 Å². The van der Waals surface area contributed by atoms with Crippen molar-refractivity contribution >= 4 is 40.4 Å². The normalized spacial score (nSPS) is 20.7. The summed E-state index contributed by atoms with van der Waals surface area (Å²) in [5.74, 6) is 0.246. The van der Waals surface area contributed by atoms with Gasteiger partial charge < -0.3 is 14.4 Å². The molecule has 0 aliphatic carbocycles. The highest BCUT2D eigenvalue weighted by Gasteiger charge is 2.58. The molecule has 2 heterocycles. The van der Waals surface area contributed by atoms with E-state index in [1.54, 1.807) is 6.08 Å². The molecule has 0 N–H and O–H groups in total. The highest BCUT2D eigenvalue weighted by Crippen LogP contribution is 2.55. The Morgan fingerprint density at radius 2 is 1.87 bits per heavy atom. The molecule has 3 aromatic rings. The quantitative estimate of drug-likeness (QED) is 0.426. The largest absolute Gasteiger partial charge is 0.466 e. The van der Waals surface area contributed by atoms with Gasteiger partial charge >= 0.3 is 5.97 Å². The lowest BCUT2D eigenvalue weighted by molar-refractivity contribution is -0.134. The van der Waals surface area contributed by atoms with Gasteiger partial charge in [-0.25, -0.2) is 4.79 Å². The van der Waals surface area contributed by atoms with Gasteiger partial charge in [0, 0.05) is 29.8 Å². The molecule has 0 saturated heterocycles. The van der Waals surface area contributed by atoms with Crippen molar-refractivity contribution in [2.24, 2.45) is 4.99 Å². The molecule has 1 spiro atoms. The summed E-state index contributed by atoms with van der Waals surface area (Å²) in [6.07, 6.45) is 5.08. The van der Waals surface area contributed by atoms with E-state index in [0.717, 1.165) is 27.7 Å². The van der Waals surface area contributed by atoms with Crippen molar-refractivity contribution in [3.8, 4) is 5.75 Å². The molecule has 1 atom stereocenters. The minimum Gasteiger partial charge on any atom is -0.466 e. The summed E-state index contributed by atoms with van der Waals surface area (Å²) in [7, 11) is 3.40. The van der Waals surface area contributed by atoms with Crippen LogP contribution in [0, 0.1) is 0 Å². The first-order valence-electron chi connectivity index (χ1n) is 10.3. The van der Waals surface area contributed by atoms with E-state index in [1.165, 1.54) is 18.7 Å². The highest BCUT2D eigenvalue weighted by atomic mass is 16.5. The van der Waals surface area contributed by atoms with Crippen molar-refractivity contribution in [2.45, 2.75) is 25.0 Å². The first-order chi connectivity index (χ1) is 14.9. The molecule has 3 aromatic carbocycles. The number of carbonyl (C=O) groups excluding carboxylic acids is 1. The maximum atomic E-state index is 11.8. The lowest BCUT2D eigenvalue weighted by Crippen LogP contribution is -2.61. The lowest BCUT2D eigenvalue weighted by Gasteiger charge is -2.45. The molecule has 0 fully saturated rings. The topological polar surface area (TPSA) is 51.1 Å². The highest BCUT2D eigenvalue weighted by molar-refractivity contribution is 6.03. The number of rotatable bonds is 2. The number of carbonyl (C=O) groups is 1. The summed E-state index contributed by atoms with van der Waals surface area (Å²) in [5, 5.41) is 2.04. The van der Waals surface area contributed by atoms with Crippen molar-refractivity contribution in [3.63, 3.8) is 0 Å². The van der Waals surface area contributed by atoms with Crippen LogP contribution < -0.4 is 9.64 Å². The summed E-state index contributed by atoms with van der Waals surface area (Å²) >= 11 is 0. The fourth-order valence-electron chi connectivity index (χ4n) is 4.78. The van der Waals surface area contributed by atoms with Gasteiger partial charge in [0.1, 0.15) is 5.69 Å².